The molecule has 38 heavy (non-hydrogen) atoms. The van der Waals surface area contributed by atoms with E-state index in [9.17, 15) is 0 Å². The first kappa shape index (κ1) is 43.3. The third-order valence-corrected chi connectivity index (χ3v) is 18.0. The fourth-order valence-electron chi connectivity index (χ4n) is 5.29. The highest BCUT2D eigenvalue weighted by atomic mass is 31.2. The summed E-state index contributed by atoms with van der Waals surface area (Å²) < 4.78 is 0. The molecule has 232 valence electrons. The van der Waals surface area contributed by atoms with Crippen molar-refractivity contribution in [3.05, 3.63) is 0 Å². The highest BCUT2D eigenvalue weighted by Crippen LogP contribution is 2.62. The van der Waals surface area contributed by atoms with Gasteiger partial charge in [0.15, 0.2) is 0 Å². The van der Waals surface area contributed by atoms with Gasteiger partial charge in [0.25, 0.3) is 0 Å². The Hall–Kier alpha value is 0.805. The Morgan fingerprint density at radius 2 is 0.447 bits per heavy atom. The van der Waals surface area contributed by atoms with E-state index in [-0.39, 0.29) is 1.43 Å². The van der Waals surface area contributed by atoms with Crippen LogP contribution >= 0.6 is 14.5 Å². The summed E-state index contributed by atoms with van der Waals surface area (Å²) in [4.78, 5) is 0. The number of hydrogen-bond donors (Lipinski definition) is 0. The van der Waals surface area contributed by atoms with E-state index in [2.05, 4.69) is 55.4 Å². The second kappa shape index (κ2) is 32.3. The lowest BCUT2D eigenvalue weighted by Gasteiger charge is -2.35. The lowest BCUT2D eigenvalue weighted by molar-refractivity contribution is -0.479. The molecule has 0 spiro atoms. The van der Waals surface area contributed by atoms with Crippen LogP contribution in [-0.2, 0) is 0 Å². The van der Waals surface area contributed by atoms with Gasteiger partial charge in [-0.1, -0.05) is 107 Å². The molecule has 0 saturated carbocycles. The molecule has 0 bridgehead atoms. The summed E-state index contributed by atoms with van der Waals surface area (Å²) in [5.74, 6) is 0. The van der Waals surface area contributed by atoms with Crippen molar-refractivity contribution in [3.63, 3.8) is 0 Å². The average molecular weight is 579 g/mol. The molecule has 0 aromatic carbocycles. The fourth-order valence-corrected chi connectivity index (χ4v) is 15.9. The normalized spacial score (nSPS) is 11.4. The Kier molecular flexibility index (Phi) is 36.8. The topological polar surface area (TPSA) is 69.2 Å². The number of unbranched alkanes of at least 4 members (excludes halogenated alkanes) is 8. The van der Waals surface area contributed by atoms with Crippen LogP contribution in [0.2, 0.25) is 0 Å². The smallest absolute Gasteiger partial charge is 0.907 e. The van der Waals surface area contributed by atoms with Gasteiger partial charge in [-0.3, -0.25) is 7.32 Å². The summed E-state index contributed by atoms with van der Waals surface area (Å²) in [5.41, 5.74) is 0. The molecule has 3 nitrogen and oxygen atoms in total. The molecule has 0 aliphatic carbocycles. The van der Waals surface area contributed by atoms with Crippen molar-refractivity contribution in [1.29, 1.82) is 0 Å². The summed E-state index contributed by atoms with van der Waals surface area (Å²) in [6, 6.07) is 0. The van der Waals surface area contributed by atoms with Crippen LogP contribution in [-0.4, -0.2) is 56.6 Å². The van der Waals surface area contributed by atoms with Gasteiger partial charge in [-0.2, -0.15) is 0 Å². The van der Waals surface area contributed by atoms with Crippen molar-refractivity contribution < 1.29 is 16.5 Å². The maximum atomic E-state index is 8.42. The molecule has 0 aromatic heterocycles. The molecule has 0 aromatic rings. The van der Waals surface area contributed by atoms with Crippen molar-refractivity contribution in [1.82, 2.24) is 0 Å². The molecule has 0 aliphatic rings. The van der Waals surface area contributed by atoms with Gasteiger partial charge in [0.05, 0.1) is 49.3 Å². The largest absolute Gasteiger partial charge is 1.00 e. The second-order valence-electron chi connectivity index (χ2n) is 11.6. The first-order chi connectivity index (χ1) is 18.2. The molecule has 0 fully saturated rings. The quantitative estimate of drug-likeness (QED) is 0.0851. The second-order valence-corrected chi connectivity index (χ2v) is 20.5. The minimum absolute atomic E-state index is 0. The Morgan fingerprint density at radius 3 is 0.526 bits per heavy atom. The Bertz CT molecular complexity index is 332. The van der Waals surface area contributed by atoms with Crippen molar-refractivity contribution in [2.45, 2.75) is 158 Å². The van der Waals surface area contributed by atoms with Gasteiger partial charge in [-0.05, 0) is 51.4 Å². The molecule has 0 heterocycles. The average Bonchev–Trinajstić information content (AvgIpc) is 2.91. The third kappa shape index (κ3) is 28.3. The van der Waals surface area contributed by atoms with E-state index in [0.29, 0.717) is 0 Å². The van der Waals surface area contributed by atoms with Gasteiger partial charge in [0, 0.05) is 14.5 Å². The standard InChI is InChI=1S/2C16H36P.BO3/c2*1-5-9-13-17(14-10-6-2,15-11-7-3)16-12-8-4;2-1(3)4/h2*5-16H2,1-4H3;/q2*+1;-3/p+1. The SMILES string of the molecule is CCCC[P+](CCCC)(CCCC)CCCC.CCCC[P+](CCCC)(CCCC)CCCC.[H+].[O-]B([O-])[O-]. The van der Waals surface area contributed by atoms with Crippen molar-refractivity contribution >= 4 is 21.8 Å². The minimum atomic E-state index is -2.92. The summed E-state index contributed by atoms with van der Waals surface area (Å²) in [7, 11) is -4.04. The number of rotatable bonds is 24. The monoisotopic (exact) mass is 579 g/mol. The highest BCUT2D eigenvalue weighted by Gasteiger charge is 2.35. The fraction of sp³-hybridized carbons (Fsp3) is 1.00. The zero-order valence-electron chi connectivity index (χ0n) is 28.7. The van der Waals surface area contributed by atoms with Gasteiger partial charge < -0.3 is 15.1 Å². The van der Waals surface area contributed by atoms with Crippen molar-refractivity contribution in [3.8, 4) is 0 Å². The lowest BCUT2D eigenvalue weighted by atomic mass is 10.3. The van der Waals surface area contributed by atoms with Crippen LogP contribution in [0.5, 0.6) is 0 Å². The van der Waals surface area contributed by atoms with Crippen LogP contribution in [0.1, 0.15) is 160 Å². The summed E-state index contributed by atoms with van der Waals surface area (Å²) in [5, 5.41) is 25.2. The van der Waals surface area contributed by atoms with Crippen LogP contribution in [0.4, 0.5) is 0 Å². The lowest BCUT2D eigenvalue weighted by Crippen LogP contribution is -2.56. The van der Waals surface area contributed by atoms with Crippen molar-refractivity contribution in [2.24, 2.45) is 0 Å². The highest BCUT2D eigenvalue weighted by molar-refractivity contribution is 7.76. The molecule has 0 amide bonds. The van der Waals surface area contributed by atoms with Gasteiger partial charge in [-0.25, -0.2) is 0 Å². The van der Waals surface area contributed by atoms with Gasteiger partial charge >= 0.3 is 1.43 Å². The zero-order chi connectivity index (χ0) is 29.5. The van der Waals surface area contributed by atoms with Crippen LogP contribution in [0.25, 0.3) is 0 Å². The Morgan fingerprint density at radius 1 is 0.342 bits per heavy atom. The molecule has 6 heteroatoms. The first-order valence-electron chi connectivity index (χ1n) is 16.9. The predicted octanol–water partition coefficient (Wildman–Crippen LogP) is 8.57. The van der Waals surface area contributed by atoms with Crippen LogP contribution in [0.15, 0.2) is 0 Å². The van der Waals surface area contributed by atoms with E-state index >= 15 is 0 Å². The van der Waals surface area contributed by atoms with Crippen molar-refractivity contribution in [2.75, 3.05) is 49.3 Å². The molecule has 0 saturated heterocycles. The van der Waals surface area contributed by atoms with E-state index in [1.165, 1.54) is 103 Å². The van der Waals surface area contributed by atoms with Gasteiger partial charge in [0.2, 0.25) is 0 Å². The summed E-state index contributed by atoms with van der Waals surface area (Å²) in [6.45, 7) is 18.8. The molecule has 0 N–H and O–H groups in total. The molecular formula is C32H73BO3P2. The Balaban J connectivity index is -0.000000270. The molecule has 0 unspecified atom stereocenters. The minimum Gasteiger partial charge on any atom is -0.907 e. The maximum absolute atomic E-state index is 8.42. The molecule has 0 rings (SSSR count). The van der Waals surface area contributed by atoms with Gasteiger partial charge in [0.1, 0.15) is 0 Å². The molecule has 0 aliphatic heterocycles. The van der Waals surface area contributed by atoms with E-state index in [1.807, 2.05) is 0 Å². The maximum Gasteiger partial charge on any atom is 1.00 e. The Labute approximate surface area is 245 Å². The molecule has 0 radical (unpaired) electrons. The number of hydrogen-bond acceptors (Lipinski definition) is 3. The summed E-state index contributed by atoms with van der Waals surface area (Å²) in [6.07, 6.45) is 35.9. The van der Waals surface area contributed by atoms with E-state index in [4.69, 9.17) is 15.1 Å². The van der Waals surface area contributed by atoms with E-state index < -0.39 is 21.8 Å². The first-order valence-corrected chi connectivity index (χ1v) is 22.0. The van der Waals surface area contributed by atoms with Crippen LogP contribution in [0.3, 0.4) is 0 Å². The molecule has 0 atom stereocenters. The zero-order valence-corrected chi connectivity index (χ0v) is 29.5. The predicted molar refractivity (Wildman–Crippen MR) is 179 cm³/mol. The van der Waals surface area contributed by atoms with Gasteiger partial charge in [-0.15, -0.1) is 0 Å². The molecular weight excluding hydrogens is 505 g/mol. The van der Waals surface area contributed by atoms with Crippen LogP contribution < -0.4 is 15.1 Å². The van der Waals surface area contributed by atoms with E-state index in [1.54, 1.807) is 49.3 Å². The summed E-state index contributed by atoms with van der Waals surface area (Å²) >= 11 is 0. The third-order valence-electron chi connectivity index (χ3n) is 7.89. The van der Waals surface area contributed by atoms with E-state index in [0.717, 1.165) is 0 Å². The van der Waals surface area contributed by atoms with Crippen LogP contribution in [0, 0.1) is 0 Å².